The summed E-state index contributed by atoms with van der Waals surface area (Å²) in [6, 6.07) is 8.67. The fraction of sp³-hybridized carbons (Fsp3) is 0.346. The third-order valence-electron chi connectivity index (χ3n) is 6.60. The summed E-state index contributed by atoms with van der Waals surface area (Å²) in [7, 11) is 1.53. The predicted octanol–water partition coefficient (Wildman–Crippen LogP) is 5.94. The molecule has 1 aliphatic rings. The standard InChI is InChI=1S/C26H27Cl2N5O3S/c1-15(2)17-13-29-33(24-18(27)5-4-6-19(24)28)20(17)14-31-7-9-32(10-8-31)26-30-23-21(36-3)11-16(25(34)35)12-22(23)37-26/h4-6,11-13,15H,7-10,14H2,1-3H3,(H,34,35). The molecule has 2 aromatic heterocycles. The molecule has 0 saturated carbocycles. The highest BCUT2D eigenvalue weighted by Gasteiger charge is 2.25. The molecular formula is C26H27Cl2N5O3S. The first kappa shape index (κ1) is 25.8. The Bertz CT molecular complexity index is 1440. The first-order chi connectivity index (χ1) is 17.8. The van der Waals surface area contributed by atoms with Crippen LogP contribution in [0.3, 0.4) is 0 Å². The SMILES string of the molecule is COc1cc(C(=O)O)cc2sc(N3CCN(Cc4c(C(C)C)cnn4-c4c(Cl)cccc4Cl)CC3)nc12. The summed E-state index contributed by atoms with van der Waals surface area (Å²) in [5.74, 6) is -0.203. The summed E-state index contributed by atoms with van der Waals surface area (Å²) in [4.78, 5) is 20.9. The van der Waals surface area contributed by atoms with E-state index in [4.69, 9.17) is 32.9 Å². The van der Waals surface area contributed by atoms with Crippen molar-refractivity contribution in [1.82, 2.24) is 19.7 Å². The molecule has 2 aromatic carbocycles. The number of carboxylic acid groups (broad SMARTS) is 1. The monoisotopic (exact) mass is 559 g/mol. The van der Waals surface area contributed by atoms with Gasteiger partial charge in [-0.2, -0.15) is 5.10 Å². The highest BCUT2D eigenvalue weighted by Crippen LogP contribution is 2.36. The lowest BCUT2D eigenvalue weighted by Crippen LogP contribution is -2.46. The number of aromatic nitrogens is 3. The van der Waals surface area contributed by atoms with Crippen molar-refractivity contribution in [1.29, 1.82) is 0 Å². The van der Waals surface area contributed by atoms with Gasteiger partial charge in [-0.05, 0) is 35.7 Å². The smallest absolute Gasteiger partial charge is 0.335 e. The third-order valence-corrected chi connectivity index (χ3v) is 8.28. The number of fused-ring (bicyclic) bond motifs is 1. The fourth-order valence-corrected chi connectivity index (χ4v) is 6.25. The summed E-state index contributed by atoms with van der Waals surface area (Å²) in [6.45, 7) is 8.32. The molecule has 1 saturated heterocycles. The van der Waals surface area contributed by atoms with Crippen LogP contribution in [0.1, 0.15) is 41.4 Å². The summed E-state index contributed by atoms with van der Waals surface area (Å²) < 4.78 is 8.10. The molecule has 37 heavy (non-hydrogen) atoms. The van der Waals surface area contributed by atoms with Crippen LogP contribution in [0.25, 0.3) is 15.9 Å². The number of halogens is 2. The van der Waals surface area contributed by atoms with Crippen molar-refractivity contribution in [2.75, 3.05) is 38.2 Å². The second kappa shape index (κ2) is 10.5. The van der Waals surface area contributed by atoms with E-state index in [1.54, 1.807) is 6.07 Å². The molecule has 3 heterocycles. The Labute approximate surface area is 229 Å². The number of rotatable bonds is 7. The minimum Gasteiger partial charge on any atom is -0.494 e. The van der Waals surface area contributed by atoms with Gasteiger partial charge in [0.1, 0.15) is 17.0 Å². The number of nitrogens with zero attached hydrogens (tertiary/aromatic N) is 5. The molecule has 0 aliphatic carbocycles. The molecule has 194 valence electrons. The van der Waals surface area contributed by atoms with Gasteiger partial charge in [-0.25, -0.2) is 14.5 Å². The summed E-state index contributed by atoms with van der Waals surface area (Å²) >= 11 is 14.5. The number of aromatic carboxylic acids is 1. The molecular weight excluding hydrogens is 533 g/mol. The molecule has 1 aliphatic heterocycles. The first-order valence-electron chi connectivity index (χ1n) is 12.0. The van der Waals surface area contributed by atoms with E-state index in [0.717, 1.165) is 48.2 Å². The molecule has 1 fully saturated rings. The van der Waals surface area contributed by atoms with E-state index in [2.05, 4.69) is 28.7 Å². The minimum absolute atomic E-state index is 0.195. The van der Waals surface area contributed by atoms with Gasteiger partial charge in [0.15, 0.2) is 5.13 Å². The van der Waals surface area contributed by atoms with Gasteiger partial charge in [0, 0.05) is 32.7 Å². The van der Waals surface area contributed by atoms with Gasteiger partial charge in [0.25, 0.3) is 0 Å². The highest BCUT2D eigenvalue weighted by atomic mass is 35.5. The number of piperazine rings is 1. The Morgan fingerprint density at radius 2 is 1.86 bits per heavy atom. The zero-order valence-corrected chi connectivity index (χ0v) is 23.1. The van der Waals surface area contributed by atoms with Gasteiger partial charge in [-0.3, -0.25) is 4.90 Å². The van der Waals surface area contributed by atoms with Crippen LogP contribution in [0.5, 0.6) is 5.75 Å². The normalized spacial score (nSPS) is 14.6. The average Bonchev–Trinajstić information content (AvgIpc) is 3.48. The second-order valence-corrected chi connectivity index (χ2v) is 11.1. The average molecular weight is 561 g/mol. The Morgan fingerprint density at radius 1 is 1.16 bits per heavy atom. The zero-order chi connectivity index (χ0) is 26.3. The quantitative estimate of drug-likeness (QED) is 0.300. The maximum Gasteiger partial charge on any atom is 0.335 e. The number of carboxylic acids is 1. The van der Waals surface area contributed by atoms with Crippen LogP contribution in [0.4, 0.5) is 5.13 Å². The van der Waals surface area contributed by atoms with Crippen LogP contribution in [-0.4, -0.2) is 64.0 Å². The van der Waals surface area contributed by atoms with Crippen molar-refractivity contribution in [2.45, 2.75) is 26.3 Å². The molecule has 4 aromatic rings. The van der Waals surface area contributed by atoms with Crippen LogP contribution in [0.15, 0.2) is 36.5 Å². The van der Waals surface area contributed by atoms with Crippen molar-refractivity contribution >= 4 is 55.9 Å². The lowest BCUT2D eigenvalue weighted by molar-refractivity contribution is 0.0696. The van der Waals surface area contributed by atoms with Crippen molar-refractivity contribution in [3.63, 3.8) is 0 Å². The maximum atomic E-state index is 11.5. The van der Waals surface area contributed by atoms with Gasteiger partial charge in [-0.15, -0.1) is 0 Å². The second-order valence-electron chi connectivity index (χ2n) is 9.27. The predicted molar refractivity (Wildman–Crippen MR) is 148 cm³/mol. The Kier molecular flexibility index (Phi) is 7.31. The van der Waals surface area contributed by atoms with Crippen molar-refractivity contribution in [3.05, 3.63) is 63.4 Å². The van der Waals surface area contributed by atoms with Crippen LogP contribution < -0.4 is 9.64 Å². The third kappa shape index (κ3) is 5.01. The molecule has 0 bridgehead atoms. The van der Waals surface area contributed by atoms with Gasteiger partial charge in [0.05, 0.1) is 39.3 Å². The van der Waals surface area contributed by atoms with Crippen LogP contribution in [0.2, 0.25) is 10.0 Å². The molecule has 0 spiro atoms. The molecule has 0 unspecified atom stereocenters. The Morgan fingerprint density at radius 3 is 2.49 bits per heavy atom. The molecule has 0 atom stereocenters. The van der Waals surface area contributed by atoms with E-state index in [-0.39, 0.29) is 5.56 Å². The lowest BCUT2D eigenvalue weighted by atomic mass is 10.0. The van der Waals surface area contributed by atoms with Gasteiger partial charge in [-0.1, -0.05) is 54.5 Å². The van der Waals surface area contributed by atoms with Crippen LogP contribution >= 0.6 is 34.5 Å². The van der Waals surface area contributed by atoms with E-state index in [9.17, 15) is 9.90 Å². The number of ether oxygens (including phenoxy) is 1. The van der Waals surface area contributed by atoms with Gasteiger partial charge in [0.2, 0.25) is 0 Å². The fourth-order valence-electron chi connectivity index (χ4n) is 4.62. The van der Waals surface area contributed by atoms with E-state index >= 15 is 0 Å². The van der Waals surface area contributed by atoms with E-state index in [0.29, 0.717) is 32.9 Å². The molecule has 8 nitrogen and oxygen atoms in total. The summed E-state index contributed by atoms with van der Waals surface area (Å²) in [6.07, 6.45) is 1.91. The number of benzene rings is 2. The number of hydrogen-bond acceptors (Lipinski definition) is 7. The molecule has 5 rings (SSSR count). The first-order valence-corrected chi connectivity index (χ1v) is 13.5. The number of thiazole rings is 1. The molecule has 0 radical (unpaired) electrons. The van der Waals surface area contributed by atoms with Gasteiger partial charge >= 0.3 is 5.97 Å². The Hall–Kier alpha value is -2.85. The number of para-hydroxylation sites is 1. The number of carbonyl (C=O) groups is 1. The summed E-state index contributed by atoms with van der Waals surface area (Å²) in [5.41, 5.74) is 3.85. The zero-order valence-electron chi connectivity index (χ0n) is 20.7. The van der Waals surface area contributed by atoms with Gasteiger partial charge < -0.3 is 14.7 Å². The van der Waals surface area contributed by atoms with Crippen LogP contribution in [0, 0.1) is 0 Å². The van der Waals surface area contributed by atoms with E-state index in [1.807, 2.05) is 29.1 Å². The summed E-state index contributed by atoms with van der Waals surface area (Å²) in [5, 5.41) is 16.1. The van der Waals surface area contributed by atoms with Crippen LogP contribution in [-0.2, 0) is 6.54 Å². The number of methoxy groups -OCH3 is 1. The molecule has 1 N–H and O–H groups in total. The Balaban J connectivity index is 1.36. The number of hydrogen-bond donors (Lipinski definition) is 1. The van der Waals surface area contributed by atoms with E-state index in [1.165, 1.54) is 30.1 Å². The van der Waals surface area contributed by atoms with Crippen molar-refractivity contribution < 1.29 is 14.6 Å². The maximum absolute atomic E-state index is 11.5. The minimum atomic E-state index is -0.984. The van der Waals surface area contributed by atoms with Crippen molar-refractivity contribution in [2.24, 2.45) is 0 Å². The van der Waals surface area contributed by atoms with E-state index < -0.39 is 5.97 Å². The molecule has 0 amide bonds. The molecule has 11 heteroatoms. The lowest BCUT2D eigenvalue weighted by Gasteiger charge is -2.34. The highest BCUT2D eigenvalue weighted by molar-refractivity contribution is 7.22. The topological polar surface area (TPSA) is 83.7 Å². The largest absolute Gasteiger partial charge is 0.494 e. The van der Waals surface area contributed by atoms with Crippen molar-refractivity contribution in [3.8, 4) is 11.4 Å². The number of anilines is 1.